The summed E-state index contributed by atoms with van der Waals surface area (Å²) >= 11 is 0. The lowest BCUT2D eigenvalue weighted by Crippen LogP contribution is -2.64. The molecule has 398 valence electrons. The Balaban J connectivity index is 2.72. The Morgan fingerprint density at radius 3 is 1.50 bits per heavy atom. The normalized spacial score (nSPS) is 22.4. The number of carbonyl (C=O) groups is 2. The van der Waals surface area contributed by atoms with Gasteiger partial charge in [-0.1, -0.05) is 149 Å². The van der Waals surface area contributed by atoms with E-state index in [1.165, 1.54) is 38.5 Å². The van der Waals surface area contributed by atoms with Crippen LogP contribution < -0.4 is 0 Å². The van der Waals surface area contributed by atoms with Crippen molar-refractivity contribution in [1.29, 1.82) is 0 Å². The minimum Gasteiger partial charge on any atom is -0.462 e. The number of esters is 2. The highest BCUT2D eigenvalue weighted by Gasteiger charge is 2.54. The number of phosphoric acid groups is 2. The molecule has 0 bridgehead atoms. The summed E-state index contributed by atoms with van der Waals surface area (Å²) in [6.07, 6.45) is 35.0. The first-order chi connectivity index (χ1) is 33.5. The summed E-state index contributed by atoms with van der Waals surface area (Å²) in [5.41, 5.74) is 0. The van der Waals surface area contributed by atoms with Crippen molar-refractivity contribution in [2.24, 2.45) is 0 Å². The molecule has 0 aromatic carbocycles. The molecule has 0 aromatic heterocycles. The summed E-state index contributed by atoms with van der Waals surface area (Å²) in [7, 11) is -10.8. The fraction of sp³-hybridized carbons (Fsp3) is 0.608. The van der Waals surface area contributed by atoms with Gasteiger partial charge in [0.25, 0.3) is 0 Å². The number of phosphoric ester groups is 2. The molecule has 70 heavy (non-hydrogen) atoms. The molecule has 1 fully saturated rings. The molecule has 0 aliphatic heterocycles. The van der Waals surface area contributed by atoms with Crippen molar-refractivity contribution in [2.75, 3.05) is 13.2 Å². The number of allylic oxidation sites excluding steroid dienone is 17. The SMILES string of the molecule is CCCCC/C=C\C/C=C\C/C=C\C=C\[C@H](O)CCCC(=O)O[C@H](COC(=O)CC/C=C\C/C=C\C/C=C\C/C=C\C/C=C\CCCCC)COP(=O)(O)O[C@H]1C(O)C(O)C(O)[C@@H](OP(=O)(O)O)C1O. The molecule has 19 heteroatoms. The second-order valence-electron chi connectivity index (χ2n) is 16.7. The summed E-state index contributed by atoms with van der Waals surface area (Å²) in [5.74, 6) is -1.52. The highest BCUT2D eigenvalue weighted by Crippen LogP contribution is 2.49. The van der Waals surface area contributed by atoms with E-state index in [2.05, 4.69) is 79.1 Å². The van der Waals surface area contributed by atoms with Gasteiger partial charge in [-0.15, -0.1) is 0 Å². The van der Waals surface area contributed by atoms with Gasteiger partial charge in [0, 0.05) is 12.8 Å². The van der Waals surface area contributed by atoms with Crippen LogP contribution in [-0.2, 0) is 41.8 Å². The topological polar surface area (TPSA) is 276 Å². The van der Waals surface area contributed by atoms with Crippen LogP contribution in [0.1, 0.15) is 136 Å². The van der Waals surface area contributed by atoms with Gasteiger partial charge in [-0.2, -0.15) is 0 Å². The molecule has 17 nitrogen and oxygen atoms in total. The van der Waals surface area contributed by atoms with E-state index in [0.29, 0.717) is 12.8 Å². The van der Waals surface area contributed by atoms with Gasteiger partial charge in [0.1, 0.15) is 43.2 Å². The maximum absolute atomic E-state index is 13.0. The molecule has 0 radical (unpaired) electrons. The standard InChI is InChI=1S/C51H82O17P2/c1-3-5-7-9-11-13-15-17-18-19-20-21-22-24-26-28-30-32-34-38-44(53)64-40-43(41-65-70(62,63)68-51-48(57)46(55)47(56)50(49(51)58)67-69(59,60)61)66-45(54)39-35-37-42(52)36-33-31-29-27-25-23-16-14-12-10-8-6-4-2/h11-14,17-18,20-21,23-26,29-33,36,42-43,46-52,55-58H,3-10,15-16,19,22,27-28,34-35,37-41H2,1-2H3,(H,62,63)(H2,59,60,61)/b13-11-,14-12-,18-17-,21-20-,25-23-,26-24-,31-29-,32-30-,36-33+/t42-,43+,46?,47?,48?,49?,50+,51-/m0/s1. The van der Waals surface area contributed by atoms with Gasteiger partial charge >= 0.3 is 27.6 Å². The fourth-order valence-electron chi connectivity index (χ4n) is 6.58. The zero-order chi connectivity index (χ0) is 51.9. The number of ether oxygens (including phenoxy) is 2. The van der Waals surface area contributed by atoms with Crippen molar-refractivity contribution in [3.8, 4) is 0 Å². The fourth-order valence-corrected chi connectivity index (χ4v) is 8.12. The average Bonchev–Trinajstić information content (AvgIpc) is 3.31. The van der Waals surface area contributed by atoms with Gasteiger partial charge in [-0.05, 0) is 83.5 Å². The van der Waals surface area contributed by atoms with Crippen LogP contribution in [0.5, 0.6) is 0 Å². The van der Waals surface area contributed by atoms with Crippen molar-refractivity contribution in [2.45, 2.75) is 185 Å². The van der Waals surface area contributed by atoms with Crippen LogP contribution in [0.15, 0.2) is 109 Å². The minimum absolute atomic E-state index is 0.0497. The van der Waals surface area contributed by atoms with Crippen molar-refractivity contribution < 1.29 is 82.0 Å². The monoisotopic (exact) mass is 1030 g/mol. The van der Waals surface area contributed by atoms with Crippen LogP contribution >= 0.6 is 15.6 Å². The molecular formula is C51H82O17P2. The first-order valence-corrected chi connectivity index (χ1v) is 27.6. The predicted octanol–water partition coefficient (Wildman–Crippen LogP) is 8.70. The molecule has 8 N–H and O–H groups in total. The Kier molecular flexibility index (Phi) is 37.1. The predicted molar refractivity (Wildman–Crippen MR) is 270 cm³/mol. The second kappa shape index (κ2) is 40.1. The van der Waals surface area contributed by atoms with E-state index in [1.54, 1.807) is 24.3 Å². The van der Waals surface area contributed by atoms with E-state index < -0.39 is 89.6 Å². The molecule has 0 heterocycles. The van der Waals surface area contributed by atoms with Gasteiger partial charge in [0.05, 0.1) is 12.7 Å². The number of hydrogen-bond donors (Lipinski definition) is 8. The first kappa shape index (κ1) is 64.6. The lowest BCUT2D eigenvalue weighted by Gasteiger charge is -2.43. The van der Waals surface area contributed by atoms with E-state index in [-0.39, 0.29) is 25.7 Å². The van der Waals surface area contributed by atoms with Gasteiger partial charge in [0.2, 0.25) is 0 Å². The number of rotatable bonds is 39. The van der Waals surface area contributed by atoms with Crippen molar-refractivity contribution in [1.82, 2.24) is 0 Å². The van der Waals surface area contributed by atoms with Crippen LogP contribution in [-0.4, -0.2) is 114 Å². The van der Waals surface area contributed by atoms with Crippen molar-refractivity contribution in [3.05, 3.63) is 109 Å². The number of aliphatic hydroxyl groups is 5. The molecule has 1 aliphatic carbocycles. The second-order valence-corrected chi connectivity index (χ2v) is 19.3. The third kappa shape index (κ3) is 34.1. The number of carbonyl (C=O) groups excluding carboxylic acids is 2. The van der Waals surface area contributed by atoms with E-state index in [9.17, 15) is 58.9 Å². The lowest BCUT2D eigenvalue weighted by atomic mass is 9.85. The minimum atomic E-state index is -5.40. The van der Waals surface area contributed by atoms with Crippen molar-refractivity contribution in [3.63, 3.8) is 0 Å². The van der Waals surface area contributed by atoms with Crippen molar-refractivity contribution >= 4 is 27.6 Å². The quantitative estimate of drug-likeness (QED) is 0.00940. The zero-order valence-corrected chi connectivity index (χ0v) is 42.8. The van der Waals surface area contributed by atoms with Crippen LogP contribution in [0.2, 0.25) is 0 Å². The van der Waals surface area contributed by atoms with E-state index in [0.717, 1.165) is 44.9 Å². The molecular weight excluding hydrogens is 946 g/mol. The summed E-state index contributed by atoms with van der Waals surface area (Å²) in [4.78, 5) is 54.3. The van der Waals surface area contributed by atoms with Crippen LogP contribution in [0.25, 0.3) is 0 Å². The van der Waals surface area contributed by atoms with E-state index >= 15 is 0 Å². The van der Waals surface area contributed by atoms with E-state index in [1.807, 2.05) is 24.3 Å². The average molecular weight is 1030 g/mol. The third-order valence-electron chi connectivity index (χ3n) is 10.4. The van der Waals surface area contributed by atoms with E-state index in [4.69, 9.17) is 18.5 Å². The zero-order valence-electron chi connectivity index (χ0n) is 41.0. The molecule has 9 atom stereocenters. The highest BCUT2D eigenvalue weighted by atomic mass is 31.2. The summed E-state index contributed by atoms with van der Waals surface area (Å²) in [5, 5.41) is 51.6. The molecule has 1 rings (SSSR count). The summed E-state index contributed by atoms with van der Waals surface area (Å²) in [6, 6.07) is 0. The molecule has 1 aliphatic rings. The molecule has 0 spiro atoms. The summed E-state index contributed by atoms with van der Waals surface area (Å²) in [6.45, 7) is 2.82. The molecule has 0 aromatic rings. The number of unbranched alkanes of at least 4 members (excludes halogenated alkanes) is 6. The molecule has 5 unspecified atom stereocenters. The Hall–Kier alpha value is -3.38. The Bertz CT molecular complexity index is 1780. The van der Waals surface area contributed by atoms with Gasteiger partial charge in [-0.3, -0.25) is 23.2 Å². The number of aliphatic hydroxyl groups excluding tert-OH is 5. The summed E-state index contributed by atoms with van der Waals surface area (Å²) < 4.78 is 49.2. The van der Waals surface area contributed by atoms with Crippen LogP contribution in [0.4, 0.5) is 0 Å². The Labute approximate surface area is 415 Å². The van der Waals surface area contributed by atoms with Gasteiger partial charge < -0.3 is 49.7 Å². The first-order valence-electron chi connectivity index (χ1n) is 24.5. The lowest BCUT2D eigenvalue weighted by molar-refractivity contribution is -0.216. The van der Waals surface area contributed by atoms with Crippen LogP contribution in [0, 0.1) is 0 Å². The molecule has 0 amide bonds. The largest absolute Gasteiger partial charge is 0.472 e. The van der Waals surface area contributed by atoms with Gasteiger partial charge in [0.15, 0.2) is 6.10 Å². The van der Waals surface area contributed by atoms with Crippen LogP contribution in [0.3, 0.4) is 0 Å². The molecule has 1 saturated carbocycles. The smallest absolute Gasteiger partial charge is 0.462 e. The highest BCUT2D eigenvalue weighted by molar-refractivity contribution is 7.47. The number of hydrogen-bond acceptors (Lipinski definition) is 14. The third-order valence-corrected chi connectivity index (χ3v) is 11.9. The maximum atomic E-state index is 13.0. The van der Waals surface area contributed by atoms with Gasteiger partial charge in [-0.25, -0.2) is 9.13 Å². The Morgan fingerprint density at radius 2 is 1.00 bits per heavy atom. The molecule has 0 saturated heterocycles. The maximum Gasteiger partial charge on any atom is 0.472 e. The Morgan fingerprint density at radius 1 is 0.529 bits per heavy atom.